The molecule has 19 heavy (non-hydrogen) atoms. The van der Waals surface area contributed by atoms with Crippen LogP contribution in [-0.2, 0) is 11.3 Å². The zero-order valence-electron chi connectivity index (χ0n) is 12.4. The summed E-state index contributed by atoms with van der Waals surface area (Å²) in [7, 11) is 3.52. The van der Waals surface area contributed by atoms with Crippen LogP contribution in [0.1, 0.15) is 25.8 Å². The van der Waals surface area contributed by atoms with E-state index in [0.717, 1.165) is 24.2 Å². The molecule has 0 radical (unpaired) electrons. The van der Waals surface area contributed by atoms with Crippen molar-refractivity contribution < 1.29 is 9.13 Å². The third-order valence-corrected chi connectivity index (χ3v) is 3.42. The molecule has 0 aliphatic heterocycles. The SMILES string of the molecule is CCC(C)N(CCOC)c1cccc(F)c1CNC. The van der Waals surface area contributed by atoms with Crippen molar-refractivity contribution in [3.8, 4) is 0 Å². The molecular weight excluding hydrogens is 243 g/mol. The summed E-state index contributed by atoms with van der Waals surface area (Å²) < 4.78 is 19.2. The Hall–Kier alpha value is -1.13. The van der Waals surface area contributed by atoms with Gasteiger partial charge < -0.3 is 15.0 Å². The minimum atomic E-state index is -0.155. The summed E-state index contributed by atoms with van der Waals surface area (Å²) in [5.74, 6) is -0.155. The Balaban J connectivity index is 3.09. The van der Waals surface area contributed by atoms with Gasteiger partial charge in [-0.15, -0.1) is 0 Å². The van der Waals surface area contributed by atoms with Gasteiger partial charge in [-0.3, -0.25) is 0 Å². The zero-order chi connectivity index (χ0) is 14.3. The fourth-order valence-electron chi connectivity index (χ4n) is 2.16. The number of anilines is 1. The molecule has 3 nitrogen and oxygen atoms in total. The van der Waals surface area contributed by atoms with E-state index in [0.29, 0.717) is 19.2 Å². The molecule has 0 aliphatic rings. The molecule has 0 fully saturated rings. The summed E-state index contributed by atoms with van der Waals surface area (Å²) in [6.45, 7) is 6.23. The lowest BCUT2D eigenvalue weighted by Gasteiger charge is -2.32. The zero-order valence-corrected chi connectivity index (χ0v) is 12.4. The highest BCUT2D eigenvalue weighted by atomic mass is 19.1. The molecule has 1 atom stereocenters. The number of nitrogens with one attached hydrogen (secondary N) is 1. The van der Waals surface area contributed by atoms with Crippen molar-refractivity contribution in [3.63, 3.8) is 0 Å². The van der Waals surface area contributed by atoms with Crippen LogP contribution in [0, 0.1) is 5.82 Å². The molecule has 4 heteroatoms. The number of nitrogens with zero attached hydrogens (tertiary/aromatic N) is 1. The van der Waals surface area contributed by atoms with E-state index in [-0.39, 0.29) is 5.82 Å². The van der Waals surface area contributed by atoms with Gasteiger partial charge in [0.15, 0.2) is 0 Å². The molecule has 0 heterocycles. The predicted octanol–water partition coefficient (Wildman–Crippen LogP) is 2.80. The van der Waals surface area contributed by atoms with Crippen molar-refractivity contribution in [2.75, 3.05) is 32.2 Å². The maximum atomic E-state index is 14.0. The molecule has 1 aromatic carbocycles. The minimum absolute atomic E-state index is 0.155. The summed E-state index contributed by atoms with van der Waals surface area (Å²) in [6.07, 6.45) is 1.01. The highest BCUT2D eigenvalue weighted by Crippen LogP contribution is 2.25. The largest absolute Gasteiger partial charge is 0.383 e. The first kappa shape index (κ1) is 15.9. The van der Waals surface area contributed by atoms with Gasteiger partial charge >= 0.3 is 0 Å². The summed E-state index contributed by atoms with van der Waals surface area (Å²) in [4.78, 5) is 2.22. The second-order valence-electron chi connectivity index (χ2n) is 4.71. The first-order chi connectivity index (χ1) is 9.15. The molecule has 0 bridgehead atoms. The number of hydrogen-bond donors (Lipinski definition) is 1. The summed E-state index contributed by atoms with van der Waals surface area (Å²) >= 11 is 0. The number of halogens is 1. The van der Waals surface area contributed by atoms with E-state index in [1.807, 2.05) is 13.1 Å². The van der Waals surface area contributed by atoms with Gasteiger partial charge in [-0.2, -0.15) is 0 Å². The van der Waals surface area contributed by atoms with Gasteiger partial charge in [-0.25, -0.2) is 4.39 Å². The quantitative estimate of drug-likeness (QED) is 0.784. The van der Waals surface area contributed by atoms with Gasteiger partial charge in [0, 0.05) is 37.5 Å². The van der Waals surface area contributed by atoms with Gasteiger partial charge in [0.1, 0.15) is 5.82 Å². The molecule has 108 valence electrons. The Labute approximate surface area is 115 Å². The number of ether oxygens (including phenoxy) is 1. The van der Waals surface area contributed by atoms with Crippen molar-refractivity contribution in [1.29, 1.82) is 0 Å². The number of rotatable bonds is 8. The standard InChI is InChI=1S/C15H25FN2O/c1-5-12(2)18(9-10-19-4)15-8-6-7-14(16)13(15)11-17-3/h6-8,12,17H,5,9-11H2,1-4H3. The minimum Gasteiger partial charge on any atom is -0.383 e. The second-order valence-corrected chi connectivity index (χ2v) is 4.71. The highest BCUT2D eigenvalue weighted by Gasteiger charge is 2.18. The van der Waals surface area contributed by atoms with Crippen LogP contribution in [0.3, 0.4) is 0 Å². The summed E-state index contributed by atoms with van der Waals surface area (Å²) in [6, 6.07) is 5.62. The lowest BCUT2D eigenvalue weighted by molar-refractivity contribution is 0.203. The Morgan fingerprint density at radius 3 is 2.74 bits per heavy atom. The maximum absolute atomic E-state index is 14.0. The van der Waals surface area contributed by atoms with Crippen LogP contribution in [0.4, 0.5) is 10.1 Å². The van der Waals surface area contributed by atoms with Gasteiger partial charge in [-0.05, 0) is 32.5 Å². The monoisotopic (exact) mass is 268 g/mol. The van der Waals surface area contributed by atoms with Crippen LogP contribution in [0.2, 0.25) is 0 Å². The fourth-order valence-corrected chi connectivity index (χ4v) is 2.16. The van der Waals surface area contributed by atoms with E-state index in [4.69, 9.17) is 4.74 Å². The average Bonchev–Trinajstić information content (AvgIpc) is 2.42. The highest BCUT2D eigenvalue weighted by molar-refractivity contribution is 5.55. The van der Waals surface area contributed by atoms with Crippen LogP contribution in [-0.4, -0.2) is 33.4 Å². The van der Waals surface area contributed by atoms with Gasteiger partial charge in [0.05, 0.1) is 6.61 Å². The fraction of sp³-hybridized carbons (Fsp3) is 0.600. The van der Waals surface area contributed by atoms with Gasteiger partial charge in [0.2, 0.25) is 0 Å². The van der Waals surface area contributed by atoms with Crippen molar-refractivity contribution in [1.82, 2.24) is 5.32 Å². The second kappa shape index (κ2) is 8.12. The lowest BCUT2D eigenvalue weighted by atomic mass is 10.1. The molecule has 0 saturated carbocycles. The van der Waals surface area contributed by atoms with Crippen molar-refractivity contribution in [2.45, 2.75) is 32.9 Å². The van der Waals surface area contributed by atoms with Crippen molar-refractivity contribution in [3.05, 3.63) is 29.6 Å². The van der Waals surface area contributed by atoms with Crippen LogP contribution >= 0.6 is 0 Å². The molecule has 0 spiro atoms. The van der Waals surface area contributed by atoms with Crippen LogP contribution in [0.15, 0.2) is 18.2 Å². The topological polar surface area (TPSA) is 24.5 Å². The lowest BCUT2D eigenvalue weighted by Crippen LogP contribution is -2.36. The molecule has 1 N–H and O–H groups in total. The summed E-state index contributed by atoms with van der Waals surface area (Å²) in [5.41, 5.74) is 1.68. The van der Waals surface area contributed by atoms with Crippen molar-refractivity contribution in [2.24, 2.45) is 0 Å². The molecule has 0 amide bonds. The van der Waals surface area contributed by atoms with Crippen LogP contribution < -0.4 is 10.2 Å². The molecule has 1 unspecified atom stereocenters. The van der Waals surface area contributed by atoms with Gasteiger partial charge in [-0.1, -0.05) is 13.0 Å². The van der Waals surface area contributed by atoms with Crippen LogP contribution in [0.5, 0.6) is 0 Å². The Kier molecular flexibility index (Phi) is 6.81. The Morgan fingerprint density at radius 1 is 1.42 bits per heavy atom. The van der Waals surface area contributed by atoms with E-state index in [9.17, 15) is 4.39 Å². The van der Waals surface area contributed by atoms with E-state index < -0.39 is 0 Å². The average molecular weight is 268 g/mol. The third kappa shape index (κ3) is 4.18. The molecule has 1 aromatic rings. The molecule has 0 saturated heterocycles. The normalized spacial score (nSPS) is 12.5. The van der Waals surface area contributed by atoms with E-state index in [2.05, 4.69) is 24.1 Å². The Morgan fingerprint density at radius 2 is 2.16 bits per heavy atom. The number of hydrogen-bond acceptors (Lipinski definition) is 3. The molecule has 0 aliphatic carbocycles. The summed E-state index contributed by atoms with van der Waals surface area (Å²) in [5, 5.41) is 3.04. The number of methoxy groups -OCH3 is 1. The van der Waals surface area contributed by atoms with Gasteiger partial charge in [0.25, 0.3) is 0 Å². The third-order valence-electron chi connectivity index (χ3n) is 3.42. The molecule has 1 rings (SSSR count). The van der Waals surface area contributed by atoms with E-state index >= 15 is 0 Å². The number of benzene rings is 1. The van der Waals surface area contributed by atoms with E-state index in [1.54, 1.807) is 13.2 Å². The smallest absolute Gasteiger partial charge is 0.129 e. The van der Waals surface area contributed by atoms with Crippen LogP contribution in [0.25, 0.3) is 0 Å². The first-order valence-electron chi connectivity index (χ1n) is 6.83. The predicted molar refractivity (Wildman–Crippen MR) is 78.1 cm³/mol. The maximum Gasteiger partial charge on any atom is 0.129 e. The first-order valence-corrected chi connectivity index (χ1v) is 6.83. The van der Waals surface area contributed by atoms with E-state index in [1.165, 1.54) is 6.07 Å². The molecule has 0 aromatic heterocycles. The molecular formula is C15H25FN2O. The Bertz CT molecular complexity index is 384. The van der Waals surface area contributed by atoms with Crippen molar-refractivity contribution >= 4 is 5.69 Å².